The third kappa shape index (κ3) is 2.94. The van der Waals surface area contributed by atoms with Crippen molar-refractivity contribution in [2.24, 2.45) is 11.7 Å². The van der Waals surface area contributed by atoms with Gasteiger partial charge in [-0.25, -0.2) is 9.50 Å². The molecular formula is C12H19N5. The van der Waals surface area contributed by atoms with Crippen LogP contribution in [0.15, 0.2) is 24.7 Å². The van der Waals surface area contributed by atoms with Gasteiger partial charge in [-0.15, -0.1) is 0 Å². The van der Waals surface area contributed by atoms with Crippen molar-refractivity contribution < 1.29 is 0 Å². The molecule has 0 saturated carbocycles. The van der Waals surface area contributed by atoms with Gasteiger partial charge in [0.2, 0.25) is 0 Å². The van der Waals surface area contributed by atoms with Crippen LogP contribution in [0.25, 0.3) is 5.52 Å². The van der Waals surface area contributed by atoms with E-state index in [1.54, 1.807) is 12.4 Å². The maximum atomic E-state index is 5.58. The fraction of sp³-hybridized carbons (Fsp3) is 0.500. The standard InChI is InChI=1S/C12H19N5/c1-10(9-13)3-2-5-14-12-11-4-6-16-17(11)8-7-15-12/h4,6-8,10H,2-3,5,9,13H2,1H3,(H,14,15). The maximum absolute atomic E-state index is 5.58. The predicted octanol–water partition coefficient (Wildman–Crippen LogP) is 1.52. The molecule has 3 N–H and O–H groups in total. The van der Waals surface area contributed by atoms with Gasteiger partial charge in [-0.05, 0) is 31.4 Å². The van der Waals surface area contributed by atoms with E-state index in [0.717, 1.165) is 37.3 Å². The van der Waals surface area contributed by atoms with E-state index in [9.17, 15) is 0 Å². The van der Waals surface area contributed by atoms with Gasteiger partial charge in [0, 0.05) is 18.9 Å². The minimum Gasteiger partial charge on any atom is -0.368 e. The number of nitrogens with two attached hydrogens (primary N) is 1. The smallest absolute Gasteiger partial charge is 0.152 e. The Morgan fingerprint density at radius 1 is 1.47 bits per heavy atom. The summed E-state index contributed by atoms with van der Waals surface area (Å²) in [5.74, 6) is 1.49. The number of nitrogens with zero attached hydrogens (tertiary/aromatic N) is 3. The molecule has 2 aromatic rings. The minimum atomic E-state index is 0.593. The minimum absolute atomic E-state index is 0.593. The van der Waals surface area contributed by atoms with Gasteiger partial charge < -0.3 is 11.1 Å². The van der Waals surface area contributed by atoms with Crippen LogP contribution in [0.2, 0.25) is 0 Å². The molecule has 0 saturated heterocycles. The van der Waals surface area contributed by atoms with Crippen LogP contribution in [-0.4, -0.2) is 27.7 Å². The first kappa shape index (κ1) is 11.9. The van der Waals surface area contributed by atoms with Crippen LogP contribution >= 0.6 is 0 Å². The Bertz CT molecular complexity index is 465. The molecule has 2 aromatic heterocycles. The first-order valence-corrected chi connectivity index (χ1v) is 6.03. The Morgan fingerprint density at radius 3 is 3.18 bits per heavy atom. The molecule has 2 heterocycles. The van der Waals surface area contributed by atoms with Crippen molar-refractivity contribution in [2.45, 2.75) is 19.8 Å². The number of nitrogens with one attached hydrogen (secondary N) is 1. The average Bonchev–Trinajstić information content (AvgIpc) is 2.83. The lowest BCUT2D eigenvalue weighted by Gasteiger charge is -2.09. The van der Waals surface area contributed by atoms with E-state index in [4.69, 9.17) is 5.73 Å². The number of fused-ring (bicyclic) bond motifs is 1. The van der Waals surface area contributed by atoms with Gasteiger partial charge in [0.1, 0.15) is 5.52 Å². The van der Waals surface area contributed by atoms with Crippen LogP contribution in [0.3, 0.4) is 0 Å². The lowest BCUT2D eigenvalue weighted by Crippen LogP contribution is -2.12. The number of aromatic nitrogens is 3. The van der Waals surface area contributed by atoms with E-state index in [-0.39, 0.29) is 0 Å². The largest absolute Gasteiger partial charge is 0.368 e. The van der Waals surface area contributed by atoms with Crippen molar-refractivity contribution in [3.8, 4) is 0 Å². The Labute approximate surface area is 101 Å². The first-order valence-electron chi connectivity index (χ1n) is 6.03. The Balaban J connectivity index is 1.88. The molecule has 5 heteroatoms. The second-order valence-corrected chi connectivity index (χ2v) is 4.35. The highest BCUT2D eigenvalue weighted by Crippen LogP contribution is 2.12. The second-order valence-electron chi connectivity index (χ2n) is 4.35. The molecule has 5 nitrogen and oxygen atoms in total. The number of rotatable bonds is 6. The molecule has 17 heavy (non-hydrogen) atoms. The van der Waals surface area contributed by atoms with Gasteiger partial charge in [0.25, 0.3) is 0 Å². The summed E-state index contributed by atoms with van der Waals surface area (Å²) < 4.78 is 1.82. The fourth-order valence-electron chi connectivity index (χ4n) is 1.77. The molecular weight excluding hydrogens is 214 g/mol. The molecule has 0 aliphatic heterocycles. The monoisotopic (exact) mass is 233 g/mol. The van der Waals surface area contributed by atoms with E-state index in [0.29, 0.717) is 5.92 Å². The van der Waals surface area contributed by atoms with Crippen molar-refractivity contribution >= 4 is 11.3 Å². The normalized spacial score (nSPS) is 12.8. The topological polar surface area (TPSA) is 68.2 Å². The van der Waals surface area contributed by atoms with Crippen molar-refractivity contribution in [1.29, 1.82) is 0 Å². The van der Waals surface area contributed by atoms with Gasteiger partial charge in [-0.2, -0.15) is 5.10 Å². The lowest BCUT2D eigenvalue weighted by atomic mass is 10.1. The Kier molecular flexibility index (Phi) is 3.93. The number of anilines is 1. The SMILES string of the molecule is CC(CN)CCCNc1nccn2nccc12. The molecule has 2 rings (SSSR count). The van der Waals surface area contributed by atoms with E-state index in [2.05, 4.69) is 22.3 Å². The Morgan fingerprint density at radius 2 is 2.35 bits per heavy atom. The van der Waals surface area contributed by atoms with E-state index in [1.807, 2.05) is 16.8 Å². The number of hydrogen-bond acceptors (Lipinski definition) is 4. The summed E-state index contributed by atoms with van der Waals surface area (Å²) >= 11 is 0. The molecule has 1 atom stereocenters. The molecule has 1 unspecified atom stereocenters. The molecule has 0 fully saturated rings. The zero-order chi connectivity index (χ0) is 12.1. The Hall–Kier alpha value is -1.62. The third-order valence-electron chi connectivity index (χ3n) is 2.89. The maximum Gasteiger partial charge on any atom is 0.152 e. The first-order chi connectivity index (χ1) is 8.31. The highest BCUT2D eigenvalue weighted by Gasteiger charge is 2.02. The summed E-state index contributed by atoms with van der Waals surface area (Å²) in [6.07, 6.45) is 7.63. The van der Waals surface area contributed by atoms with Crippen LogP contribution in [0.1, 0.15) is 19.8 Å². The quantitative estimate of drug-likeness (QED) is 0.742. The van der Waals surface area contributed by atoms with Crippen LogP contribution in [0.4, 0.5) is 5.82 Å². The molecule has 0 amide bonds. The molecule has 0 aromatic carbocycles. The number of hydrogen-bond donors (Lipinski definition) is 2. The van der Waals surface area contributed by atoms with Crippen LogP contribution in [0, 0.1) is 5.92 Å². The van der Waals surface area contributed by atoms with Crippen molar-refractivity contribution in [2.75, 3.05) is 18.4 Å². The molecule has 0 aliphatic rings. The van der Waals surface area contributed by atoms with E-state index < -0.39 is 0 Å². The van der Waals surface area contributed by atoms with Crippen LogP contribution < -0.4 is 11.1 Å². The highest BCUT2D eigenvalue weighted by atomic mass is 15.2. The predicted molar refractivity (Wildman–Crippen MR) is 68.9 cm³/mol. The summed E-state index contributed by atoms with van der Waals surface area (Å²) in [4.78, 5) is 4.32. The molecule has 92 valence electrons. The summed E-state index contributed by atoms with van der Waals surface area (Å²) in [5.41, 5.74) is 6.59. The summed E-state index contributed by atoms with van der Waals surface area (Å²) in [7, 11) is 0. The highest BCUT2D eigenvalue weighted by molar-refractivity contribution is 5.66. The van der Waals surface area contributed by atoms with E-state index in [1.165, 1.54) is 0 Å². The van der Waals surface area contributed by atoms with Gasteiger partial charge in [0.15, 0.2) is 5.82 Å². The molecule has 0 radical (unpaired) electrons. The van der Waals surface area contributed by atoms with Crippen LogP contribution in [-0.2, 0) is 0 Å². The van der Waals surface area contributed by atoms with Crippen molar-refractivity contribution in [3.05, 3.63) is 24.7 Å². The second kappa shape index (κ2) is 5.63. The van der Waals surface area contributed by atoms with E-state index >= 15 is 0 Å². The summed E-state index contributed by atoms with van der Waals surface area (Å²) in [6.45, 7) is 3.86. The van der Waals surface area contributed by atoms with Crippen molar-refractivity contribution in [1.82, 2.24) is 14.6 Å². The van der Waals surface area contributed by atoms with Gasteiger partial charge in [-0.3, -0.25) is 0 Å². The van der Waals surface area contributed by atoms with Gasteiger partial charge in [0.05, 0.1) is 6.20 Å². The molecule has 0 bridgehead atoms. The van der Waals surface area contributed by atoms with Crippen molar-refractivity contribution in [3.63, 3.8) is 0 Å². The molecule has 0 aliphatic carbocycles. The zero-order valence-electron chi connectivity index (χ0n) is 10.1. The summed E-state index contributed by atoms with van der Waals surface area (Å²) in [5, 5.41) is 7.51. The molecule has 0 spiro atoms. The average molecular weight is 233 g/mol. The van der Waals surface area contributed by atoms with Gasteiger partial charge >= 0.3 is 0 Å². The summed E-state index contributed by atoms with van der Waals surface area (Å²) in [6, 6.07) is 1.96. The third-order valence-corrected chi connectivity index (χ3v) is 2.89. The fourth-order valence-corrected chi connectivity index (χ4v) is 1.77. The van der Waals surface area contributed by atoms with Gasteiger partial charge in [-0.1, -0.05) is 6.92 Å². The lowest BCUT2D eigenvalue weighted by molar-refractivity contribution is 0.529. The zero-order valence-corrected chi connectivity index (χ0v) is 10.1. The van der Waals surface area contributed by atoms with Crippen LogP contribution in [0.5, 0.6) is 0 Å².